The zero-order valence-electron chi connectivity index (χ0n) is 13.3. The number of aliphatic hydroxyl groups excluding tert-OH is 1. The molecule has 1 aliphatic rings. The Kier molecular flexibility index (Phi) is 10.3. The smallest absolute Gasteiger partial charge is 0.191 e. The highest BCUT2D eigenvalue weighted by atomic mass is 127. The summed E-state index contributed by atoms with van der Waals surface area (Å²) in [4.78, 5) is 5.65. The van der Waals surface area contributed by atoms with Crippen molar-refractivity contribution in [1.29, 1.82) is 0 Å². The van der Waals surface area contributed by atoms with Crippen molar-refractivity contribution in [2.24, 2.45) is 10.4 Å². The molecule has 1 saturated heterocycles. The number of guanidine groups is 1. The van der Waals surface area contributed by atoms with E-state index in [1.54, 1.807) is 7.05 Å². The van der Waals surface area contributed by atoms with E-state index in [4.69, 9.17) is 4.74 Å². The number of halogens is 2. The summed E-state index contributed by atoms with van der Waals surface area (Å²) in [5.74, 6) is 0.815. The Morgan fingerprint density at radius 2 is 2.30 bits per heavy atom. The van der Waals surface area contributed by atoms with E-state index in [0.717, 1.165) is 44.9 Å². The molecule has 5 nitrogen and oxygen atoms in total. The Hall–Kier alpha value is 0.350. The van der Waals surface area contributed by atoms with Gasteiger partial charge in [-0.15, -0.1) is 35.3 Å². The van der Waals surface area contributed by atoms with Crippen LogP contribution in [0.3, 0.4) is 0 Å². The van der Waals surface area contributed by atoms with Crippen molar-refractivity contribution in [2.45, 2.75) is 19.3 Å². The highest BCUT2D eigenvalue weighted by Crippen LogP contribution is 2.31. The molecule has 2 rings (SSSR count). The second-order valence-electron chi connectivity index (χ2n) is 5.58. The number of ether oxygens (including phenoxy) is 1. The van der Waals surface area contributed by atoms with Crippen molar-refractivity contribution in [3.8, 4) is 0 Å². The monoisotopic (exact) mass is 565 g/mol. The third-order valence-electron chi connectivity index (χ3n) is 3.97. The molecule has 0 aliphatic carbocycles. The van der Waals surface area contributed by atoms with E-state index >= 15 is 0 Å². The Balaban J connectivity index is 0.00000264. The van der Waals surface area contributed by atoms with Crippen LogP contribution >= 0.6 is 57.9 Å². The van der Waals surface area contributed by atoms with Gasteiger partial charge in [0.1, 0.15) is 0 Å². The molecule has 0 spiro atoms. The van der Waals surface area contributed by atoms with Gasteiger partial charge < -0.3 is 20.5 Å². The van der Waals surface area contributed by atoms with Crippen LogP contribution in [-0.2, 0) is 11.2 Å². The second-order valence-corrected chi connectivity index (χ2v) is 8.65. The summed E-state index contributed by atoms with van der Waals surface area (Å²) in [7, 11) is 1.78. The van der Waals surface area contributed by atoms with E-state index in [9.17, 15) is 5.11 Å². The van der Waals surface area contributed by atoms with Gasteiger partial charge in [-0.05, 0) is 54.0 Å². The number of hydrogen-bond acceptors (Lipinski definition) is 4. The standard InChI is InChI=1S/C15H24IN3O2S.HI/c1-17-14(18-7-4-12-2-3-13(16)22-12)19-10-15(5-8-20)6-9-21-11-15;/h2-3,20H,4-11H2,1H3,(H2,17,18,19);1H. The molecule has 2 heterocycles. The molecule has 3 N–H and O–H groups in total. The largest absolute Gasteiger partial charge is 0.396 e. The lowest BCUT2D eigenvalue weighted by atomic mass is 9.84. The molecule has 1 atom stereocenters. The normalized spacial score (nSPS) is 21.1. The van der Waals surface area contributed by atoms with Gasteiger partial charge in [0.15, 0.2) is 5.96 Å². The number of thiophene rings is 1. The van der Waals surface area contributed by atoms with Gasteiger partial charge in [-0.25, -0.2) is 0 Å². The first-order chi connectivity index (χ1) is 10.7. The van der Waals surface area contributed by atoms with Crippen LogP contribution in [0.25, 0.3) is 0 Å². The minimum absolute atomic E-state index is 0. The molecule has 8 heteroatoms. The number of nitrogens with one attached hydrogen (secondary N) is 2. The summed E-state index contributed by atoms with van der Waals surface area (Å²) in [6, 6.07) is 4.32. The van der Waals surface area contributed by atoms with Gasteiger partial charge in [0.2, 0.25) is 0 Å². The predicted octanol–water partition coefficient (Wildman–Crippen LogP) is 2.47. The van der Waals surface area contributed by atoms with Gasteiger partial charge in [0.05, 0.1) is 9.49 Å². The molecule has 132 valence electrons. The summed E-state index contributed by atoms with van der Waals surface area (Å²) in [6.45, 7) is 3.34. The van der Waals surface area contributed by atoms with Crippen LogP contribution in [0.2, 0.25) is 0 Å². The topological polar surface area (TPSA) is 65.9 Å². The van der Waals surface area contributed by atoms with E-state index in [0.29, 0.717) is 6.61 Å². The van der Waals surface area contributed by atoms with E-state index < -0.39 is 0 Å². The summed E-state index contributed by atoms with van der Waals surface area (Å²) in [6.07, 6.45) is 2.76. The Morgan fingerprint density at radius 3 is 2.87 bits per heavy atom. The average Bonchev–Trinajstić information content (AvgIpc) is 3.13. The molecule has 1 fully saturated rings. The van der Waals surface area contributed by atoms with Gasteiger partial charge in [-0.1, -0.05) is 0 Å². The lowest BCUT2D eigenvalue weighted by molar-refractivity contribution is 0.127. The van der Waals surface area contributed by atoms with Gasteiger partial charge in [0, 0.05) is 43.6 Å². The fourth-order valence-electron chi connectivity index (χ4n) is 2.59. The third kappa shape index (κ3) is 7.00. The quantitative estimate of drug-likeness (QED) is 0.270. The molecule has 0 bridgehead atoms. The van der Waals surface area contributed by atoms with Crippen LogP contribution in [0.1, 0.15) is 17.7 Å². The van der Waals surface area contributed by atoms with Crippen molar-refractivity contribution in [3.05, 3.63) is 19.9 Å². The van der Waals surface area contributed by atoms with Gasteiger partial charge in [-0.2, -0.15) is 0 Å². The van der Waals surface area contributed by atoms with Gasteiger partial charge in [-0.3, -0.25) is 4.99 Å². The molecule has 1 aromatic rings. The summed E-state index contributed by atoms with van der Waals surface area (Å²) in [5, 5.41) is 16.0. The van der Waals surface area contributed by atoms with E-state index in [2.05, 4.69) is 50.3 Å². The van der Waals surface area contributed by atoms with Crippen LogP contribution in [0.4, 0.5) is 0 Å². The molecule has 0 radical (unpaired) electrons. The molecular weight excluding hydrogens is 540 g/mol. The maximum Gasteiger partial charge on any atom is 0.191 e. The zero-order valence-corrected chi connectivity index (χ0v) is 18.6. The zero-order chi connectivity index (χ0) is 15.8. The average molecular weight is 565 g/mol. The molecule has 1 unspecified atom stereocenters. The van der Waals surface area contributed by atoms with Crippen LogP contribution in [0, 0.1) is 8.30 Å². The first-order valence-electron chi connectivity index (χ1n) is 7.55. The van der Waals surface area contributed by atoms with Crippen LogP contribution < -0.4 is 10.6 Å². The summed E-state index contributed by atoms with van der Waals surface area (Å²) < 4.78 is 6.83. The highest BCUT2D eigenvalue weighted by molar-refractivity contribution is 14.1. The van der Waals surface area contributed by atoms with Crippen LogP contribution in [-0.4, -0.2) is 51.0 Å². The molecular formula is C15H25I2N3O2S. The Morgan fingerprint density at radius 1 is 1.48 bits per heavy atom. The lowest BCUT2D eigenvalue weighted by Crippen LogP contribution is -2.44. The van der Waals surface area contributed by atoms with E-state index in [1.165, 1.54) is 7.76 Å². The minimum atomic E-state index is 0. The minimum Gasteiger partial charge on any atom is -0.396 e. The maximum absolute atomic E-state index is 9.26. The van der Waals surface area contributed by atoms with Crippen LogP contribution in [0.15, 0.2) is 17.1 Å². The van der Waals surface area contributed by atoms with Gasteiger partial charge >= 0.3 is 0 Å². The Labute approximate surface area is 172 Å². The first-order valence-corrected chi connectivity index (χ1v) is 9.44. The fourth-order valence-corrected chi connectivity index (χ4v) is 4.35. The molecule has 0 aromatic carbocycles. The number of nitrogens with zero attached hydrogens (tertiary/aromatic N) is 1. The lowest BCUT2D eigenvalue weighted by Gasteiger charge is -2.27. The Bertz CT molecular complexity index is 491. The number of hydrogen-bond donors (Lipinski definition) is 3. The van der Waals surface area contributed by atoms with Crippen molar-refractivity contribution < 1.29 is 9.84 Å². The van der Waals surface area contributed by atoms with Crippen molar-refractivity contribution in [1.82, 2.24) is 10.6 Å². The van der Waals surface area contributed by atoms with Crippen LogP contribution in [0.5, 0.6) is 0 Å². The molecule has 0 amide bonds. The number of rotatable bonds is 7. The summed E-state index contributed by atoms with van der Waals surface area (Å²) >= 11 is 4.18. The molecule has 0 saturated carbocycles. The predicted molar refractivity (Wildman–Crippen MR) is 115 cm³/mol. The number of aliphatic hydroxyl groups is 1. The van der Waals surface area contributed by atoms with Crippen molar-refractivity contribution in [2.75, 3.05) is 40.0 Å². The molecule has 1 aromatic heterocycles. The molecule has 1 aliphatic heterocycles. The number of aliphatic imine (C=N–C) groups is 1. The van der Waals surface area contributed by atoms with Gasteiger partial charge in [0.25, 0.3) is 0 Å². The van der Waals surface area contributed by atoms with E-state index in [1.807, 2.05) is 11.3 Å². The SMILES string of the molecule is CN=C(NCCc1ccc(I)s1)NCC1(CCO)CCOC1.I. The first kappa shape index (κ1) is 21.4. The maximum atomic E-state index is 9.26. The fraction of sp³-hybridized carbons (Fsp3) is 0.667. The third-order valence-corrected chi connectivity index (χ3v) is 5.93. The second kappa shape index (κ2) is 11.1. The summed E-state index contributed by atoms with van der Waals surface area (Å²) in [5.41, 5.74) is 0.0379. The van der Waals surface area contributed by atoms with Crippen molar-refractivity contribution in [3.63, 3.8) is 0 Å². The van der Waals surface area contributed by atoms with Crippen molar-refractivity contribution >= 4 is 63.9 Å². The molecule has 23 heavy (non-hydrogen) atoms. The van der Waals surface area contributed by atoms with E-state index in [-0.39, 0.29) is 36.0 Å². The highest BCUT2D eigenvalue weighted by Gasteiger charge is 2.34.